The average Bonchev–Trinajstić information content (AvgIpc) is 2.49. The monoisotopic (exact) mass is 275 g/mol. The maximum absolute atomic E-state index is 11.9. The third kappa shape index (κ3) is 4.94. The number of likely N-dealkylation sites (tertiary alicyclic amines) is 1. The molecule has 20 heavy (non-hydrogen) atoms. The van der Waals surface area contributed by atoms with Crippen LogP contribution in [0, 0.1) is 0 Å². The van der Waals surface area contributed by atoms with Crippen LogP contribution in [0.4, 0.5) is 0 Å². The van der Waals surface area contributed by atoms with E-state index >= 15 is 0 Å². The van der Waals surface area contributed by atoms with E-state index in [1.165, 1.54) is 0 Å². The van der Waals surface area contributed by atoms with E-state index in [0.717, 1.165) is 38.0 Å². The first kappa shape index (κ1) is 15.0. The molecule has 0 spiro atoms. The summed E-state index contributed by atoms with van der Waals surface area (Å²) in [4.78, 5) is 14.2. The van der Waals surface area contributed by atoms with Crippen LogP contribution < -0.4 is 10.6 Å². The van der Waals surface area contributed by atoms with E-state index in [9.17, 15) is 4.79 Å². The highest BCUT2D eigenvalue weighted by Crippen LogP contribution is 2.09. The molecule has 1 aliphatic heterocycles. The maximum atomic E-state index is 11.9. The molecule has 0 bridgehead atoms. The van der Waals surface area contributed by atoms with Gasteiger partial charge in [0.05, 0.1) is 6.54 Å². The summed E-state index contributed by atoms with van der Waals surface area (Å²) in [6.07, 6.45) is 2.28. The van der Waals surface area contributed by atoms with E-state index in [0.29, 0.717) is 19.1 Å². The van der Waals surface area contributed by atoms with E-state index < -0.39 is 0 Å². The van der Waals surface area contributed by atoms with Gasteiger partial charge in [-0.1, -0.05) is 37.3 Å². The average molecular weight is 275 g/mol. The van der Waals surface area contributed by atoms with Crippen LogP contribution in [0.25, 0.3) is 0 Å². The summed E-state index contributed by atoms with van der Waals surface area (Å²) in [6, 6.07) is 10.7. The Morgan fingerprint density at radius 3 is 2.60 bits per heavy atom. The summed E-state index contributed by atoms with van der Waals surface area (Å²) in [5.41, 5.74) is 1.15. The van der Waals surface area contributed by atoms with Gasteiger partial charge in [0.2, 0.25) is 5.91 Å². The molecule has 1 aromatic rings. The number of nitrogens with zero attached hydrogens (tertiary/aromatic N) is 1. The van der Waals surface area contributed by atoms with Crippen molar-refractivity contribution in [1.29, 1.82) is 0 Å². The second kappa shape index (κ2) is 8.02. The van der Waals surface area contributed by atoms with Gasteiger partial charge in [-0.3, -0.25) is 9.69 Å². The van der Waals surface area contributed by atoms with Crippen molar-refractivity contribution in [1.82, 2.24) is 15.5 Å². The number of piperidine rings is 1. The van der Waals surface area contributed by atoms with Gasteiger partial charge in [0.15, 0.2) is 0 Å². The van der Waals surface area contributed by atoms with Gasteiger partial charge in [0, 0.05) is 25.7 Å². The van der Waals surface area contributed by atoms with Gasteiger partial charge in [0.1, 0.15) is 0 Å². The number of carbonyl (C=O) groups is 1. The fraction of sp³-hybridized carbons (Fsp3) is 0.562. The zero-order valence-electron chi connectivity index (χ0n) is 12.3. The van der Waals surface area contributed by atoms with Crippen molar-refractivity contribution < 1.29 is 4.79 Å². The van der Waals surface area contributed by atoms with E-state index in [1.54, 1.807) is 0 Å². The third-order valence-electron chi connectivity index (χ3n) is 3.78. The van der Waals surface area contributed by atoms with Crippen molar-refractivity contribution in [3.05, 3.63) is 35.9 Å². The first-order valence-electron chi connectivity index (χ1n) is 7.54. The van der Waals surface area contributed by atoms with Crippen molar-refractivity contribution in [2.45, 2.75) is 32.4 Å². The lowest BCUT2D eigenvalue weighted by molar-refractivity contribution is -0.122. The second-order valence-corrected chi connectivity index (χ2v) is 5.37. The van der Waals surface area contributed by atoms with Gasteiger partial charge in [0.25, 0.3) is 0 Å². The van der Waals surface area contributed by atoms with Crippen LogP contribution in [0.1, 0.15) is 25.3 Å². The van der Waals surface area contributed by atoms with Crippen LogP contribution in [0.3, 0.4) is 0 Å². The van der Waals surface area contributed by atoms with Crippen LogP contribution in [0.5, 0.6) is 0 Å². The molecular weight excluding hydrogens is 250 g/mol. The molecule has 1 amide bonds. The third-order valence-corrected chi connectivity index (χ3v) is 3.78. The normalized spacial score (nSPS) is 17.1. The van der Waals surface area contributed by atoms with Gasteiger partial charge in [-0.15, -0.1) is 0 Å². The zero-order valence-corrected chi connectivity index (χ0v) is 12.3. The molecule has 1 saturated heterocycles. The first-order valence-corrected chi connectivity index (χ1v) is 7.54. The minimum Gasteiger partial charge on any atom is -0.351 e. The number of rotatable bonds is 6. The molecule has 2 rings (SSSR count). The smallest absolute Gasteiger partial charge is 0.234 e. The molecule has 0 radical (unpaired) electrons. The number of hydrogen-bond donors (Lipinski definition) is 2. The number of nitrogens with one attached hydrogen (secondary N) is 2. The molecule has 4 heteroatoms. The molecule has 110 valence electrons. The summed E-state index contributed by atoms with van der Waals surface area (Å²) in [6.45, 7) is 6.33. The van der Waals surface area contributed by atoms with Crippen LogP contribution >= 0.6 is 0 Å². The Labute approximate surface area is 121 Å². The van der Waals surface area contributed by atoms with Crippen molar-refractivity contribution in [2.24, 2.45) is 0 Å². The predicted octanol–water partition coefficient (Wildman–Crippen LogP) is 1.38. The quantitative estimate of drug-likeness (QED) is 0.824. The fourth-order valence-corrected chi connectivity index (χ4v) is 2.64. The zero-order chi connectivity index (χ0) is 14.2. The topological polar surface area (TPSA) is 44.4 Å². The van der Waals surface area contributed by atoms with Crippen LogP contribution in [0.15, 0.2) is 30.3 Å². The lowest BCUT2D eigenvalue weighted by Crippen LogP contribution is -2.45. The number of amides is 1. The highest BCUT2D eigenvalue weighted by atomic mass is 16.2. The summed E-state index contributed by atoms with van der Waals surface area (Å²) < 4.78 is 0. The van der Waals surface area contributed by atoms with Gasteiger partial charge < -0.3 is 10.6 Å². The van der Waals surface area contributed by atoms with Crippen LogP contribution in [0.2, 0.25) is 0 Å². The van der Waals surface area contributed by atoms with Gasteiger partial charge in [-0.05, 0) is 24.9 Å². The standard InChI is InChI=1S/C16H25N3O/c1-2-17-15-8-10-19(11-9-15)13-16(20)18-12-14-6-4-3-5-7-14/h3-7,15,17H,2,8-13H2,1H3,(H,18,20). The van der Waals surface area contributed by atoms with E-state index in [-0.39, 0.29) is 5.91 Å². The van der Waals surface area contributed by atoms with Crippen LogP contribution in [-0.2, 0) is 11.3 Å². The molecule has 0 saturated carbocycles. The largest absolute Gasteiger partial charge is 0.351 e. The Hall–Kier alpha value is -1.39. The van der Waals surface area contributed by atoms with Gasteiger partial charge in [-0.2, -0.15) is 0 Å². The Kier molecular flexibility index (Phi) is 6.02. The molecule has 0 unspecified atom stereocenters. The predicted molar refractivity (Wildman–Crippen MR) is 81.4 cm³/mol. The Bertz CT molecular complexity index is 399. The molecule has 0 aliphatic carbocycles. The Morgan fingerprint density at radius 1 is 1.25 bits per heavy atom. The van der Waals surface area contributed by atoms with E-state index in [1.807, 2.05) is 30.3 Å². The summed E-state index contributed by atoms with van der Waals surface area (Å²) in [5.74, 6) is 0.121. The second-order valence-electron chi connectivity index (χ2n) is 5.37. The molecule has 0 aromatic heterocycles. The molecular formula is C16H25N3O. The lowest BCUT2D eigenvalue weighted by Gasteiger charge is -2.31. The summed E-state index contributed by atoms with van der Waals surface area (Å²) in [5, 5.41) is 6.46. The fourth-order valence-electron chi connectivity index (χ4n) is 2.64. The lowest BCUT2D eigenvalue weighted by atomic mass is 10.1. The molecule has 1 aromatic carbocycles. The molecule has 2 N–H and O–H groups in total. The molecule has 4 nitrogen and oxygen atoms in total. The van der Waals surface area contributed by atoms with Crippen molar-refractivity contribution >= 4 is 5.91 Å². The SMILES string of the molecule is CCNC1CCN(CC(=O)NCc2ccccc2)CC1. The summed E-state index contributed by atoms with van der Waals surface area (Å²) in [7, 11) is 0. The number of carbonyl (C=O) groups excluding carboxylic acids is 1. The Morgan fingerprint density at radius 2 is 1.95 bits per heavy atom. The van der Waals surface area contributed by atoms with Gasteiger partial charge >= 0.3 is 0 Å². The molecule has 1 heterocycles. The number of hydrogen-bond acceptors (Lipinski definition) is 3. The first-order chi connectivity index (χ1) is 9.78. The van der Waals surface area contributed by atoms with E-state index in [4.69, 9.17) is 0 Å². The van der Waals surface area contributed by atoms with Crippen LogP contribution in [-0.4, -0.2) is 43.0 Å². The van der Waals surface area contributed by atoms with Gasteiger partial charge in [-0.25, -0.2) is 0 Å². The number of benzene rings is 1. The van der Waals surface area contributed by atoms with Crippen molar-refractivity contribution in [2.75, 3.05) is 26.2 Å². The Balaban J connectivity index is 1.65. The molecule has 1 aliphatic rings. The highest BCUT2D eigenvalue weighted by molar-refractivity contribution is 5.78. The maximum Gasteiger partial charge on any atom is 0.234 e. The minimum atomic E-state index is 0.121. The van der Waals surface area contributed by atoms with Crippen molar-refractivity contribution in [3.63, 3.8) is 0 Å². The minimum absolute atomic E-state index is 0.121. The highest BCUT2D eigenvalue weighted by Gasteiger charge is 2.19. The van der Waals surface area contributed by atoms with E-state index in [2.05, 4.69) is 22.5 Å². The van der Waals surface area contributed by atoms with Crippen molar-refractivity contribution in [3.8, 4) is 0 Å². The molecule has 0 atom stereocenters. The summed E-state index contributed by atoms with van der Waals surface area (Å²) >= 11 is 0. The molecule has 1 fully saturated rings.